The first-order valence-corrected chi connectivity index (χ1v) is 5.40. The molecule has 0 heterocycles. The first kappa shape index (κ1) is 12.5. The van der Waals surface area contributed by atoms with Crippen LogP contribution in [-0.4, -0.2) is 19.5 Å². The smallest absolute Gasteiger partial charge is 0.250 e. The Morgan fingerprint density at radius 3 is 2.33 bits per heavy atom. The summed E-state index contributed by atoms with van der Waals surface area (Å²) in [6.07, 6.45) is -2.35. The van der Waals surface area contributed by atoms with Crippen molar-refractivity contribution in [3.05, 3.63) is 34.3 Å². The molecule has 1 aromatic rings. The SMILES string of the molecule is NCC(NCC(F)F)c1ccc(Br)cc1. The molecule has 1 atom stereocenters. The zero-order valence-corrected chi connectivity index (χ0v) is 9.68. The summed E-state index contributed by atoms with van der Waals surface area (Å²) in [6.45, 7) is -0.0354. The predicted molar refractivity (Wildman–Crippen MR) is 59.9 cm³/mol. The van der Waals surface area contributed by atoms with Gasteiger partial charge in [-0.3, -0.25) is 0 Å². The molecule has 0 fully saturated rings. The van der Waals surface area contributed by atoms with Gasteiger partial charge in [-0.1, -0.05) is 28.1 Å². The lowest BCUT2D eigenvalue weighted by Crippen LogP contribution is -2.31. The zero-order valence-electron chi connectivity index (χ0n) is 8.09. The molecule has 0 aliphatic carbocycles. The van der Waals surface area contributed by atoms with Gasteiger partial charge in [-0.2, -0.15) is 0 Å². The van der Waals surface area contributed by atoms with Crippen molar-refractivity contribution in [3.63, 3.8) is 0 Å². The summed E-state index contributed by atoms with van der Waals surface area (Å²) in [7, 11) is 0. The van der Waals surface area contributed by atoms with E-state index in [1.54, 1.807) is 0 Å². The lowest BCUT2D eigenvalue weighted by molar-refractivity contribution is 0.141. The predicted octanol–water partition coefficient (Wildman–Crippen LogP) is 2.30. The maximum Gasteiger partial charge on any atom is 0.250 e. The fourth-order valence-electron chi connectivity index (χ4n) is 1.26. The van der Waals surface area contributed by atoms with Crippen molar-refractivity contribution in [1.29, 1.82) is 0 Å². The average molecular weight is 279 g/mol. The van der Waals surface area contributed by atoms with Crippen LogP contribution in [0.15, 0.2) is 28.7 Å². The Morgan fingerprint density at radius 1 is 1.27 bits per heavy atom. The number of rotatable bonds is 5. The van der Waals surface area contributed by atoms with Gasteiger partial charge >= 0.3 is 0 Å². The molecule has 15 heavy (non-hydrogen) atoms. The highest BCUT2D eigenvalue weighted by Gasteiger charge is 2.11. The number of nitrogens with two attached hydrogens (primary N) is 1. The summed E-state index contributed by atoms with van der Waals surface area (Å²) in [5.74, 6) is 0. The molecule has 0 saturated carbocycles. The van der Waals surface area contributed by atoms with Gasteiger partial charge < -0.3 is 11.1 Å². The third kappa shape index (κ3) is 4.24. The van der Waals surface area contributed by atoms with Gasteiger partial charge in [0.25, 0.3) is 6.43 Å². The van der Waals surface area contributed by atoms with Gasteiger partial charge in [-0.05, 0) is 17.7 Å². The molecule has 0 spiro atoms. The Balaban J connectivity index is 2.61. The van der Waals surface area contributed by atoms with Crippen LogP contribution in [0, 0.1) is 0 Å². The van der Waals surface area contributed by atoms with E-state index < -0.39 is 6.43 Å². The van der Waals surface area contributed by atoms with Crippen LogP contribution in [0.4, 0.5) is 8.78 Å². The second-order valence-electron chi connectivity index (χ2n) is 3.14. The van der Waals surface area contributed by atoms with Crippen molar-refractivity contribution in [2.75, 3.05) is 13.1 Å². The second-order valence-corrected chi connectivity index (χ2v) is 4.05. The van der Waals surface area contributed by atoms with E-state index in [1.807, 2.05) is 24.3 Å². The minimum absolute atomic E-state index is 0.216. The maximum atomic E-state index is 12.0. The minimum Gasteiger partial charge on any atom is -0.329 e. The van der Waals surface area contributed by atoms with Gasteiger partial charge in [0.15, 0.2) is 0 Å². The number of halogens is 3. The van der Waals surface area contributed by atoms with Crippen molar-refractivity contribution >= 4 is 15.9 Å². The molecule has 0 bridgehead atoms. The zero-order chi connectivity index (χ0) is 11.3. The fraction of sp³-hybridized carbons (Fsp3) is 0.400. The van der Waals surface area contributed by atoms with Crippen LogP contribution in [0.2, 0.25) is 0 Å². The molecule has 1 unspecified atom stereocenters. The third-order valence-electron chi connectivity index (χ3n) is 2.03. The number of nitrogens with one attached hydrogen (secondary N) is 1. The number of hydrogen-bond acceptors (Lipinski definition) is 2. The lowest BCUT2D eigenvalue weighted by atomic mass is 10.1. The molecule has 1 rings (SSSR count). The normalized spacial score (nSPS) is 13.1. The van der Waals surface area contributed by atoms with E-state index in [-0.39, 0.29) is 12.6 Å². The highest BCUT2D eigenvalue weighted by Crippen LogP contribution is 2.16. The quantitative estimate of drug-likeness (QED) is 0.868. The van der Waals surface area contributed by atoms with Crippen LogP contribution < -0.4 is 11.1 Å². The second kappa shape index (κ2) is 6.15. The fourth-order valence-corrected chi connectivity index (χ4v) is 1.53. The Hall–Kier alpha value is -0.520. The molecule has 3 N–H and O–H groups in total. The van der Waals surface area contributed by atoms with Crippen molar-refractivity contribution in [1.82, 2.24) is 5.32 Å². The van der Waals surface area contributed by atoms with E-state index in [1.165, 1.54) is 0 Å². The Bertz CT molecular complexity index is 290. The van der Waals surface area contributed by atoms with Crippen molar-refractivity contribution in [2.45, 2.75) is 12.5 Å². The molecule has 0 radical (unpaired) electrons. The molecule has 0 aliphatic heterocycles. The number of alkyl halides is 2. The monoisotopic (exact) mass is 278 g/mol. The first-order chi connectivity index (χ1) is 7.13. The molecule has 1 aromatic carbocycles. The third-order valence-corrected chi connectivity index (χ3v) is 2.56. The minimum atomic E-state index is -2.35. The molecule has 0 saturated heterocycles. The van der Waals surface area contributed by atoms with Gasteiger partial charge in [0.05, 0.1) is 6.54 Å². The molecular formula is C10H13BrF2N2. The Kier molecular flexibility index (Phi) is 5.14. The van der Waals surface area contributed by atoms with E-state index in [9.17, 15) is 8.78 Å². The standard InChI is InChI=1S/C10H13BrF2N2/c11-8-3-1-7(2-4-8)9(5-14)15-6-10(12)13/h1-4,9-10,15H,5-6,14H2. The van der Waals surface area contributed by atoms with E-state index in [2.05, 4.69) is 21.2 Å². The summed E-state index contributed by atoms with van der Waals surface area (Å²) in [6, 6.07) is 7.23. The van der Waals surface area contributed by atoms with Crippen LogP contribution in [0.3, 0.4) is 0 Å². The van der Waals surface area contributed by atoms with E-state index in [0.29, 0.717) is 6.54 Å². The van der Waals surface area contributed by atoms with Gasteiger partial charge in [-0.15, -0.1) is 0 Å². The average Bonchev–Trinajstić information content (AvgIpc) is 2.21. The molecule has 0 amide bonds. The Labute approximate surface area is 96.0 Å². The van der Waals surface area contributed by atoms with Crippen molar-refractivity contribution in [2.24, 2.45) is 5.73 Å². The molecule has 2 nitrogen and oxygen atoms in total. The van der Waals surface area contributed by atoms with Crippen molar-refractivity contribution < 1.29 is 8.78 Å². The number of benzene rings is 1. The summed E-state index contributed by atoms with van der Waals surface area (Å²) in [5, 5.41) is 2.71. The first-order valence-electron chi connectivity index (χ1n) is 4.60. The Morgan fingerprint density at radius 2 is 1.87 bits per heavy atom. The summed E-state index contributed by atoms with van der Waals surface area (Å²) < 4.78 is 25.0. The molecular weight excluding hydrogens is 266 g/mol. The van der Waals surface area contributed by atoms with E-state index in [0.717, 1.165) is 10.0 Å². The van der Waals surface area contributed by atoms with Crippen LogP contribution in [-0.2, 0) is 0 Å². The molecule has 0 aromatic heterocycles. The van der Waals surface area contributed by atoms with E-state index in [4.69, 9.17) is 5.73 Å². The topological polar surface area (TPSA) is 38.0 Å². The van der Waals surface area contributed by atoms with Gasteiger partial charge in [0.1, 0.15) is 0 Å². The molecule has 5 heteroatoms. The lowest BCUT2D eigenvalue weighted by Gasteiger charge is -2.16. The summed E-state index contributed by atoms with van der Waals surface area (Å²) >= 11 is 3.31. The largest absolute Gasteiger partial charge is 0.329 e. The molecule has 84 valence electrons. The van der Waals surface area contributed by atoms with Gasteiger partial charge in [0.2, 0.25) is 0 Å². The van der Waals surface area contributed by atoms with Gasteiger partial charge in [-0.25, -0.2) is 8.78 Å². The van der Waals surface area contributed by atoms with Crippen LogP contribution >= 0.6 is 15.9 Å². The van der Waals surface area contributed by atoms with Crippen LogP contribution in [0.5, 0.6) is 0 Å². The highest BCUT2D eigenvalue weighted by molar-refractivity contribution is 9.10. The molecule has 0 aliphatic rings. The summed E-state index contributed by atoms with van der Waals surface area (Å²) in [4.78, 5) is 0. The number of hydrogen-bond donors (Lipinski definition) is 2. The van der Waals surface area contributed by atoms with Crippen LogP contribution in [0.1, 0.15) is 11.6 Å². The summed E-state index contributed by atoms with van der Waals surface area (Å²) in [5.41, 5.74) is 6.43. The van der Waals surface area contributed by atoms with Crippen molar-refractivity contribution in [3.8, 4) is 0 Å². The van der Waals surface area contributed by atoms with E-state index >= 15 is 0 Å². The van der Waals surface area contributed by atoms with Crippen LogP contribution in [0.25, 0.3) is 0 Å². The highest BCUT2D eigenvalue weighted by atomic mass is 79.9. The maximum absolute atomic E-state index is 12.0. The van der Waals surface area contributed by atoms with Gasteiger partial charge in [0, 0.05) is 17.1 Å².